The van der Waals surface area contributed by atoms with Crippen LogP contribution in [0.3, 0.4) is 0 Å². The van der Waals surface area contributed by atoms with E-state index in [4.69, 9.17) is 4.98 Å². The fourth-order valence-electron chi connectivity index (χ4n) is 3.07. The van der Waals surface area contributed by atoms with Crippen molar-refractivity contribution >= 4 is 33.6 Å². The number of pyridine rings is 1. The van der Waals surface area contributed by atoms with Crippen molar-refractivity contribution in [1.82, 2.24) is 19.7 Å². The third kappa shape index (κ3) is 2.35. The van der Waals surface area contributed by atoms with Crippen LogP contribution in [0.5, 0.6) is 0 Å². The summed E-state index contributed by atoms with van der Waals surface area (Å²) in [7, 11) is 0. The van der Waals surface area contributed by atoms with Crippen LogP contribution in [0.25, 0.3) is 5.65 Å². The molecule has 0 bridgehead atoms. The van der Waals surface area contributed by atoms with Crippen molar-refractivity contribution in [3.05, 3.63) is 46.6 Å². The van der Waals surface area contributed by atoms with Crippen LogP contribution in [0.15, 0.2) is 45.4 Å². The summed E-state index contributed by atoms with van der Waals surface area (Å²) in [6.07, 6.45) is 11.4. The number of hydrogen-bond acceptors (Lipinski definition) is 5. The van der Waals surface area contributed by atoms with Crippen molar-refractivity contribution < 1.29 is 0 Å². The molecule has 7 heteroatoms. The van der Waals surface area contributed by atoms with Gasteiger partial charge in [-0.15, -0.1) is 0 Å². The predicted molar refractivity (Wildman–Crippen MR) is 92.6 cm³/mol. The number of halogens is 1. The van der Waals surface area contributed by atoms with Crippen molar-refractivity contribution in [1.29, 1.82) is 0 Å². The smallest absolute Gasteiger partial charge is 0.156 e. The molecule has 4 heterocycles. The molecular formula is C16H15BrN6. The molecule has 2 aromatic heterocycles. The van der Waals surface area contributed by atoms with Gasteiger partial charge in [-0.2, -0.15) is 5.10 Å². The quantitative estimate of drug-likeness (QED) is 0.844. The van der Waals surface area contributed by atoms with Gasteiger partial charge in [-0.05, 0) is 46.3 Å². The highest BCUT2D eigenvalue weighted by molar-refractivity contribution is 9.11. The minimum atomic E-state index is 0.00445. The summed E-state index contributed by atoms with van der Waals surface area (Å²) in [5, 5.41) is 4.42. The number of fused-ring (bicyclic) bond motifs is 2. The Labute approximate surface area is 141 Å². The maximum Gasteiger partial charge on any atom is 0.156 e. The molecular weight excluding hydrogens is 356 g/mol. The topological polar surface area (TPSA) is 57.3 Å². The lowest BCUT2D eigenvalue weighted by Crippen LogP contribution is -2.39. The number of nitrogens with one attached hydrogen (secondary N) is 1. The molecule has 0 radical (unpaired) electrons. The number of hydrazone groups is 1. The van der Waals surface area contributed by atoms with Crippen LogP contribution in [-0.4, -0.2) is 32.5 Å². The third-order valence-electron chi connectivity index (χ3n) is 4.42. The minimum Gasteiger partial charge on any atom is -0.307 e. The highest BCUT2D eigenvalue weighted by Crippen LogP contribution is 2.39. The maximum atomic E-state index is 4.72. The molecule has 0 aromatic carbocycles. The van der Waals surface area contributed by atoms with Gasteiger partial charge in [0.15, 0.2) is 6.17 Å². The van der Waals surface area contributed by atoms with Crippen LogP contribution in [-0.2, 0) is 6.42 Å². The van der Waals surface area contributed by atoms with E-state index in [-0.39, 0.29) is 6.17 Å². The molecule has 2 aromatic rings. The number of amidine groups is 1. The van der Waals surface area contributed by atoms with Crippen molar-refractivity contribution in [3.63, 3.8) is 0 Å². The number of aromatic nitrogens is 2. The minimum absolute atomic E-state index is 0.00445. The van der Waals surface area contributed by atoms with Crippen molar-refractivity contribution in [2.75, 3.05) is 0 Å². The Morgan fingerprint density at radius 2 is 2.17 bits per heavy atom. The van der Waals surface area contributed by atoms with Crippen molar-refractivity contribution in [2.24, 2.45) is 10.1 Å². The normalized spacial score (nSPS) is 22.8. The molecule has 6 nitrogen and oxygen atoms in total. The molecule has 0 amide bonds. The van der Waals surface area contributed by atoms with Gasteiger partial charge < -0.3 is 9.30 Å². The highest BCUT2D eigenvalue weighted by atomic mass is 79.9. The van der Waals surface area contributed by atoms with E-state index in [1.165, 1.54) is 18.4 Å². The fraction of sp³-hybridized carbons (Fsp3) is 0.312. The zero-order chi connectivity index (χ0) is 15.4. The molecule has 1 unspecified atom stereocenters. The molecule has 0 saturated heterocycles. The molecule has 1 fully saturated rings. The Morgan fingerprint density at radius 3 is 3.04 bits per heavy atom. The van der Waals surface area contributed by atoms with E-state index < -0.39 is 0 Å². The molecule has 23 heavy (non-hydrogen) atoms. The summed E-state index contributed by atoms with van der Waals surface area (Å²) in [5.74, 6) is 1.70. The van der Waals surface area contributed by atoms with E-state index in [2.05, 4.69) is 65.3 Å². The predicted octanol–water partition coefficient (Wildman–Crippen LogP) is 2.58. The van der Waals surface area contributed by atoms with Crippen LogP contribution in [0.2, 0.25) is 0 Å². The average Bonchev–Trinajstić information content (AvgIpc) is 3.22. The molecule has 0 spiro atoms. The molecule has 2 aliphatic heterocycles. The second kappa shape index (κ2) is 4.92. The first-order chi connectivity index (χ1) is 11.3. The molecule has 1 atom stereocenters. The number of hydrogen-bond donors (Lipinski definition) is 1. The molecule has 3 aliphatic rings. The summed E-state index contributed by atoms with van der Waals surface area (Å²) in [4.78, 5) is 11.0. The van der Waals surface area contributed by atoms with Crippen LogP contribution in [0.1, 0.15) is 30.0 Å². The third-order valence-corrected chi connectivity index (χ3v) is 4.83. The number of nitrogens with zero attached hydrogens (tertiary/aromatic N) is 5. The Kier molecular flexibility index (Phi) is 2.85. The Bertz CT molecular complexity index is 876. The lowest BCUT2D eigenvalue weighted by molar-refractivity contribution is 0.470. The first-order valence-electron chi connectivity index (χ1n) is 7.76. The second-order valence-electron chi connectivity index (χ2n) is 6.15. The van der Waals surface area contributed by atoms with Gasteiger partial charge in [-0.1, -0.05) is 6.07 Å². The number of imidazole rings is 1. The summed E-state index contributed by atoms with van der Waals surface area (Å²) in [6.45, 7) is 0. The Hall–Kier alpha value is -2.15. The van der Waals surface area contributed by atoms with Gasteiger partial charge in [0.2, 0.25) is 0 Å². The van der Waals surface area contributed by atoms with Crippen LogP contribution < -0.4 is 5.43 Å². The molecule has 1 N–H and O–H groups in total. The zero-order valence-corrected chi connectivity index (χ0v) is 13.9. The monoisotopic (exact) mass is 370 g/mol. The van der Waals surface area contributed by atoms with Crippen LogP contribution >= 0.6 is 15.9 Å². The van der Waals surface area contributed by atoms with Gasteiger partial charge in [-0.25, -0.2) is 9.98 Å². The molecule has 1 aliphatic carbocycles. The summed E-state index contributed by atoms with van der Waals surface area (Å²) in [6, 6.07) is 4.31. The van der Waals surface area contributed by atoms with Gasteiger partial charge >= 0.3 is 0 Å². The highest BCUT2D eigenvalue weighted by Gasteiger charge is 2.28. The van der Waals surface area contributed by atoms with Gasteiger partial charge in [0.1, 0.15) is 16.1 Å². The van der Waals surface area contributed by atoms with Gasteiger partial charge in [-0.3, -0.25) is 5.43 Å². The molecule has 5 rings (SSSR count). The first-order valence-corrected chi connectivity index (χ1v) is 8.55. The Morgan fingerprint density at radius 1 is 1.26 bits per heavy atom. The van der Waals surface area contributed by atoms with Gasteiger partial charge in [0.25, 0.3) is 0 Å². The zero-order valence-electron chi connectivity index (χ0n) is 12.4. The molecule has 1 saturated carbocycles. The molecule has 116 valence electrons. The van der Waals surface area contributed by atoms with E-state index in [1.54, 1.807) is 0 Å². The number of aliphatic imine (C=N–C) groups is 1. The second-order valence-corrected chi connectivity index (χ2v) is 6.96. The van der Waals surface area contributed by atoms with E-state index >= 15 is 0 Å². The lowest BCUT2D eigenvalue weighted by Gasteiger charge is -2.22. The van der Waals surface area contributed by atoms with Gasteiger partial charge in [0.05, 0.1) is 18.3 Å². The van der Waals surface area contributed by atoms with E-state index in [1.807, 2.05) is 12.4 Å². The average molecular weight is 371 g/mol. The van der Waals surface area contributed by atoms with E-state index in [0.717, 1.165) is 27.7 Å². The van der Waals surface area contributed by atoms with Crippen LogP contribution in [0.4, 0.5) is 0 Å². The summed E-state index contributed by atoms with van der Waals surface area (Å²) in [5.41, 5.74) is 6.51. The van der Waals surface area contributed by atoms with Crippen molar-refractivity contribution in [2.45, 2.75) is 31.3 Å². The van der Waals surface area contributed by atoms with Crippen LogP contribution in [0, 0.1) is 0 Å². The first kappa shape index (κ1) is 13.3. The summed E-state index contributed by atoms with van der Waals surface area (Å²) >= 11 is 3.41. The number of rotatable bonds is 3. The van der Waals surface area contributed by atoms with Crippen molar-refractivity contribution in [3.8, 4) is 0 Å². The largest absolute Gasteiger partial charge is 0.307 e. The Balaban J connectivity index is 1.42. The summed E-state index contributed by atoms with van der Waals surface area (Å²) < 4.78 is 2.93. The SMILES string of the molecule is BrC1=CN2C(Cc3cn4cc(C5CC5)ccc4n3)=NNC2C=N1. The fourth-order valence-corrected chi connectivity index (χ4v) is 3.41. The maximum absolute atomic E-state index is 4.72. The standard InChI is InChI=1S/C16H15BrN6/c17-13-9-23-15(20-21-16(23)6-18-13)5-12-8-22-7-11(10-1-2-10)3-4-14(22)19-12/h3-4,6-10,16,21H,1-2,5H2. The van der Waals surface area contributed by atoms with Gasteiger partial charge in [0, 0.05) is 18.6 Å². The lowest BCUT2D eigenvalue weighted by atomic mass is 10.2. The van der Waals surface area contributed by atoms with E-state index in [0.29, 0.717) is 6.42 Å². The van der Waals surface area contributed by atoms with E-state index in [9.17, 15) is 0 Å².